The van der Waals surface area contributed by atoms with Crippen LogP contribution in [0, 0.1) is 5.82 Å². The molecule has 0 aliphatic heterocycles. The third kappa shape index (κ3) is 3.74. The molecule has 25 heavy (non-hydrogen) atoms. The Morgan fingerprint density at radius 1 is 1.24 bits per heavy atom. The molecular formula is C17H14FN3O4. The van der Waals surface area contributed by atoms with Gasteiger partial charge in [0.05, 0.1) is 11.8 Å². The molecule has 2 aromatic heterocycles. The molecule has 1 aromatic carbocycles. The van der Waals surface area contributed by atoms with E-state index in [1.165, 1.54) is 37.6 Å². The molecule has 2 N–H and O–H groups in total. The molecule has 0 aliphatic rings. The van der Waals surface area contributed by atoms with E-state index < -0.39 is 23.7 Å². The number of anilines is 1. The fraction of sp³-hybridized carbons (Fsp3) is 0.118. The molecule has 0 unspecified atom stereocenters. The number of halogens is 1. The van der Waals surface area contributed by atoms with Gasteiger partial charge in [-0.1, -0.05) is 17.3 Å². The molecule has 2 heterocycles. The van der Waals surface area contributed by atoms with E-state index in [-0.39, 0.29) is 17.1 Å². The summed E-state index contributed by atoms with van der Waals surface area (Å²) in [6.07, 6.45) is 2.63. The van der Waals surface area contributed by atoms with E-state index in [1.807, 2.05) is 0 Å². The molecule has 3 rings (SSSR count). The van der Waals surface area contributed by atoms with Gasteiger partial charge in [-0.2, -0.15) is 0 Å². The van der Waals surface area contributed by atoms with E-state index in [9.17, 15) is 14.0 Å². The average Bonchev–Trinajstić information content (AvgIpc) is 3.27. The smallest absolute Gasteiger partial charge is 0.255 e. The van der Waals surface area contributed by atoms with E-state index in [4.69, 9.17) is 8.94 Å². The van der Waals surface area contributed by atoms with Gasteiger partial charge in [0, 0.05) is 11.6 Å². The van der Waals surface area contributed by atoms with Gasteiger partial charge in [0.15, 0.2) is 0 Å². The van der Waals surface area contributed by atoms with Gasteiger partial charge in [-0.05, 0) is 25.1 Å². The number of benzene rings is 1. The highest BCUT2D eigenvalue weighted by Gasteiger charge is 2.19. The molecule has 0 saturated heterocycles. The Bertz CT molecular complexity index is 889. The standard InChI is InChI=1S/C17H14FN3O4/c1-10(19-17(23)11-6-7-24-9-11)16(22)20-15-8-14(21-25-15)12-4-2-3-5-13(12)18/h2-10H,1H3,(H,19,23)(H,20,22)/t10-/m1/s1. The topological polar surface area (TPSA) is 97.4 Å². The number of hydrogen-bond donors (Lipinski definition) is 2. The first-order chi connectivity index (χ1) is 12.0. The quantitative estimate of drug-likeness (QED) is 0.742. The Morgan fingerprint density at radius 3 is 2.76 bits per heavy atom. The summed E-state index contributed by atoms with van der Waals surface area (Å²) in [7, 11) is 0. The van der Waals surface area contributed by atoms with Crippen LogP contribution in [0.3, 0.4) is 0 Å². The second-order valence-electron chi connectivity index (χ2n) is 5.25. The van der Waals surface area contributed by atoms with Crippen LogP contribution in [-0.2, 0) is 4.79 Å². The summed E-state index contributed by atoms with van der Waals surface area (Å²) in [4.78, 5) is 24.0. The van der Waals surface area contributed by atoms with Gasteiger partial charge in [0.2, 0.25) is 11.8 Å². The molecule has 1 atom stereocenters. The van der Waals surface area contributed by atoms with Crippen LogP contribution < -0.4 is 10.6 Å². The lowest BCUT2D eigenvalue weighted by Gasteiger charge is -2.11. The molecule has 2 amide bonds. The number of carbonyl (C=O) groups excluding carboxylic acids is 2. The maximum atomic E-state index is 13.7. The zero-order valence-corrected chi connectivity index (χ0v) is 13.2. The van der Waals surface area contributed by atoms with Crippen molar-refractivity contribution < 1.29 is 22.9 Å². The first kappa shape index (κ1) is 16.4. The number of carbonyl (C=O) groups is 2. The maximum Gasteiger partial charge on any atom is 0.255 e. The fourth-order valence-corrected chi connectivity index (χ4v) is 2.10. The van der Waals surface area contributed by atoms with E-state index in [0.29, 0.717) is 5.56 Å². The fourth-order valence-electron chi connectivity index (χ4n) is 2.10. The molecule has 0 saturated carbocycles. The second kappa shape index (κ2) is 7.00. The number of nitrogens with zero attached hydrogens (tertiary/aromatic N) is 1. The molecule has 3 aromatic rings. The van der Waals surface area contributed by atoms with Crippen molar-refractivity contribution in [2.75, 3.05) is 5.32 Å². The Balaban J connectivity index is 1.63. The summed E-state index contributed by atoms with van der Waals surface area (Å²) in [5.74, 6) is -1.35. The molecule has 128 valence electrons. The van der Waals surface area contributed by atoms with Crippen molar-refractivity contribution in [3.8, 4) is 11.3 Å². The number of amides is 2. The van der Waals surface area contributed by atoms with Crippen molar-refractivity contribution in [2.24, 2.45) is 0 Å². The van der Waals surface area contributed by atoms with Crippen LogP contribution in [0.1, 0.15) is 17.3 Å². The van der Waals surface area contributed by atoms with E-state index in [2.05, 4.69) is 15.8 Å². The molecule has 8 heteroatoms. The monoisotopic (exact) mass is 343 g/mol. The average molecular weight is 343 g/mol. The lowest BCUT2D eigenvalue weighted by atomic mass is 10.1. The maximum absolute atomic E-state index is 13.7. The van der Waals surface area contributed by atoms with Gasteiger partial charge in [0.25, 0.3) is 5.91 Å². The molecule has 0 bridgehead atoms. The number of hydrogen-bond acceptors (Lipinski definition) is 5. The Hall–Kier alpha value is -3.42. The summed E-state index contributed by atoms with van der Waals surface area (Å²) in [6.45, 7) is 1.52. The minimum Gasteiger partial charge on any atom is -0.472 e. The van der Waals surface area contributed by atoms with Crippen LogP contribution >= 0.6 is 0 Å². The minimum absolute atomic E-state index is 0.0488. The predicted molar refractivity (Wildman–Crippen MR) is 86.2 cm³/mol. The van der Waals surface area contributed by atoms with E-state index in [0.717, 1.165) is 0 Å². The van der Waals surface area contributed by atoms with Crippen molar-refractivity contribution in [1.29, 1.82) is 0 Å². The summed E-state index contributed by atoms with van der Waals surface area (Å²) < 4.78 is 23.5. The van der Waals surface area contributed by atoms with Crippen molar-refractivity contribution in [1.82, 2.24) is 10.5 Å². The van der Waals surface area contributed by atoms with Crippen molar-refractivity contribution >= 4 is 17.7 Å². The molecule has 7 nitrogen and oxygen atoms in total. The molecular weight excluding hydrogens is 329 g/mol. The van der Waals surface area contributed by atoms with Gasteiger partial charge < -0.3 is 14.3 Å². The largest absolute Gasteiger partial charge is 0.472 e. The Morgan fingerprint density at radius 2 is 2.04 bits per heavy atom. The number of nitrogens with one attached hydrogen (secondary N) is 2. The highest BCUT2D eigenvalue weighted by molar-refractivity contribution is 6.00. The van der Waals surface area contributed by atoms with Gasteiger partial charge in [-0.25, -0.2) is 4.39 Å². The van der Waals surface area contributed by atoms with Gasteiger partial charge in [0.1, 0.15) is 23.8 Å². The van der Waals surface area contributed by atoms with Crippen LogP contribution in [0.4, 0.5) is 10.3 Å². The molecule has 0 fully saturated rings. The number of aromatic nitrogens is 1. The highest BCUT2D eigenvalue weighted by atomic mass is 19.1. The first-order valence-corrected chi connectivity index (χ1v) is 7.40. The first-order valence-electron chi connectivity index (χ1n) is 7.40. The Labute approximate surface area is 141 Å². The van der Waals surface area contributed by atoms with Crippen molar-refractivity contribution in [2.45, 2.75) is 13.0 Å². The zero-order valence-electron chi connectivity index (χ0n) is 13.2. The summed E-state index contributed by atoms with van der Waals surface area (Å²) in [5, 5.41) is 8.72. The highest BCUT2D eigenvalue weighted by Crippen LogP contribution is 2.24. The van der Waals surface area contributed by atoms with E-state index >= 15 is 0 Å². The van der Waals surface area contributed by atoms with Crippen LogP contribution in [0.5, 0.6) is 0 Å². The third-order valence-corrected chi connectivity index (χ3v) is 3.43. The lowest BCUT2D eigenvalue weighted by Crippen LogP contribution is -2.41. The van der Waals surface area contributed by atoms with Crippen molar-refractivity contribution in [3.05, 3.63) is 60.3 Å². The summed E-state index contributed by atoms with van der Waals surface area (Å²) in [6, 6.07) is 8.13. The molecule has 0 aliphatic carbocycles. The van der Waals surface area contributed by atoms with Crippen molar-refractivity contribution in [3.63, 3.8) is 0 Å². The van der Waals surface area contributed by atoms with Gasteiger partial charge in [-0.15, -0.1) is 0 Å². The summed E-state index contributed by atoms with van der Waals surface area (Å²) >= 11 is 0. The summed E-state index contributed by atoms with van der Waals surface area (Å²) in [5.41, 5.74) is 0.817. The van der Waals surface area contributed by atoms with Crippen LogP contribution in [0.25, 0.3) is 11.3 Å². The van der Waals surface area contributed by atoms with Crippen LogP contribution in [0.2, 0.25) is 0 Å². The van der Waals surface area contributed by atoms with Gasteiger partial charge in [-0.3, -0.25) is 14.9 Å². The second-order valence-corrected chi connectivity index (χ2v) is 5.25. The lowest BCUT2D eigenvalue weighted by molar-refractivity contribution is -0.117. The number of rotatable bonds is 5. The minimum atomic E-state index is -0.829. The van der Waals surface area contributed by atoms with Gasteiger partial charge >= 0.3 is 0 Å². The SMILES string of the molecule is C[C@@H](NC(=O)c1ccoc1)C(=O)Nc1cc(-c2ccccc2F)no1. The van der Waals surface area contributed by atoms with Crippen LogP contribution in [-0.4, -0.2) is 23.0 Å². The molecule has 0 spiro atoms. The normalized spacial score (nSPS) is 11.8. The number of furan rings is 1. The predicted octanol–water partition coefficient (Wildman–Crippen LogP) is 2.83. The third-order valence-electron chi connectivity index (χ3n) is 3.43. The molecule has 0 radical (unpaired) electrons. The van der Waals surface area contributed by atoms with Crippen LogP contribution in [0.15, 0.2) is 57.9 Å². The van der Waals surface area contributed by atoms with E-state index in [1.54, 1.807) is 18.2 Å². The Kier molecular flexibility index (Phi) is 4.60. The zero-order chi connectivity index (χ0) is 17.8.